The number of rotatable bonds is 4. The summed E-state index contributed by atoms with van der Waals surface area (Å²) in [6.07, 6.45) is 0.801. The third kappa shape index (κ3) is 2.79. The lowest BCUT2D eigenvalue weighted by Crippen LogP contribution is -2.29. The topological polar surface area (TPSA) is 68.3 Å². The van der Waals surface area contributed by atoms with Gasteiger partial charge >= 0.3 is 0 Å². The van der Waals surface area contributed by atoms with Crippen molar-refractivity contribution >= 4 is 5.84 Å². The van der Waals surface area contributed by atoms with Crippen LogP contribution in [0, 0.1) is 11.3 Å². The van der Waals surface area contributed by atoms with Crippen molar-refractivity contribution in [1.82, 2.24) is 0 Å². The van der Waals surface area contributed by atoms with Crippen molar-refractivity contribution in [1.29, 1.82) is 5.41 Å². The van der Waals surface area contributed by atoms with E-state index in [-0.39, 0.29) is 11.9 Å². The van der Waals surface area contributed by atoms with Crippen LogP contribution in [0.15, 0.2) is 0 Å². The van der Waals surface area contributed by atoms with E-state index in [1.807, 2.05) is 0 Å². The first-order valence-corrected chi connectivity index (χ1v) is 4.23. The molecule has 0 radical (unpaired) electrons. The summed E-state index contributed by atoms with van der Waals surface area (Å²) in [5.74, 6) is 0.584. The van der Waals surface area contributed by atoms with Crippen LogP contribution in [0.1, 0.15) is 13.3 Å². The van der Waals surface area contributed by atoms with Gasteiger partial charge in [0.05, 0.1) is 13.2 Å². The van der Waals surface area contributed by atoms with Crippen LogP contribution in [0.2, 0.25) is 0 Å². The number of nitrogens with one attached hydrogen (secondary N) is 1. The molecule has 0 aromatic carbocycles. The van der Waals surface area contributed by atoms with Crippen molar-refractivity contribution in [3.63, 3.8) is 0 Å². The molecule has 0 aromatic rings. The van der Waals surface area contributed by atoms with Gasteiger partial charge in [0.2, 0.25) is 0 Å². The van der Waals surface area contributed by atoms with E-state index in [0.717, 1.165) is 19.6 Å². The molecule has 70 valence electrons. The van der Waals surface area contributed by atoms with Crippen LogP contribution in [0.4, 0.5) is 0 Å². The maximum Gasteiger partial charge on any atom is 0.120 e. The number of amidine groups is 1. The Bertz CT molecular complexity index is 155. The van der Waals surface area contributed by atoms with Crippen LogP contribution in [0.3, 0.4) is 0 Å². The van der Waals surface area contributed by atoms with E-state index in [0.29, 0.717) is 12.5 Å². The zero-order valence-corrected chi connectivity index (χ0v) is 7.38. The van der Waals surface area contributed by atoms with E-state index >= 15 is 0 Å². The smallest absolute Gasteiger partial charge is 0.120 e. The molecule has 1 rings (SSSR count). The fraction of sp³-hybridized carbons (Fsp3) is 0.875. The van der Waals surface area contributed by atoms with Crippen LogP contribution < -0.4 is 5.73 Å². The Morgan fingerprint density at radius 1 is 1.83 bits per heavy atom. The van der Waals surface area contributed by atoms with Gasteiger partial charge in [-0.2, -0.15) is 0 Å². The van der Waals surface area contributed by atoms with Gasteiger partial charge in [0.15, 0.2) is 0 Å². The SMILES string of the molecule is CC(OCC1CCOC1)C(=N)N. The minimum atomic E-state index is -0.259. The molecule has 2 atom stereocenters. The molecule has 0 aliphatic carbocycles. The largest absolute Gasteiger partial charge is 0.385 e. The van der Waals surface area contributed by atoms with E-state index in [1.54, 1.807) is 6.92 Å². The van der Waals surface area contributed by atoms with E-state index in [4.69, 9.17) is 20.6 Å². The van der Waals surface area contributed by atoms with Crippen LogP contribution in [-0.2, 0) is 9.47 Å². The number of hydrogen-bond donors (Lipinski definition) is 2. The van der Waals surface area contributed by atoms with Gasteiger partial charge in [-0.15, -0.1) is 0 Å². The molecule has 1 aliphatic heterocycles. The Morgan fingerprint density at radius 3 is 3.08 bits per heavy atom. The molecule has 0 amide bonds. The van der Waals surface area contributed by atoms with Crippen LogP contribution in [0.5, 0.6) is 0 Å². The third-order valence-corrected chi connectivity index (χ3v) is 2.04. The zero-order valence-electron chi connectivity index (χ0n) is 7.38. The summed E-state index contributed by atoms with van der Waals surface area (Å²) in [5, 5.41) is 7.10. The van der Waals surface area contributed by atoms with Gasteiger partial charge in [-0.3, -0.25) is 5.41 Å². The van der Waals surface area contributed by atoms with Crippen molar-refractivity contribution in [2.24, 2.45) is 11.7 Å². The second-order valence-corrected chi connectivity index (χ2v) is 3.16. The summed E-state index contributed by atoms with van der Waals surface area (Å²) in [4.78, 5) is 0. The maximum atomic E-state index is 7.10. The second-order valence-electron chi connectivity index (χ2n) is 3.16. The lowest BCUT2D eigenvalue weighted by Gasteiger charge is -2.13. The van der Waals surface area contributed by atoms with Gasteiger partial charge < -0.3 is 15.2 Å². The highest BCUT2D eigenvalue weighted by Crippen LogP contribution is 2.12. The number of ether oxygens (including phenoxy) is 2. The molecular formula is C8H16N2O2. The van der Waals surface area contributed by atoms with E-state index < -0.39 is 0 Å². The van der Waals surface area contributed by atoms with Crippen molar-refractivity contribution in [3.05, 3.63) is 0 Å². The normalized spacial score (nSPS) is 25.6. The molecule has 4 nitrogen and oxygen atoms in total. The average molecular weight is 172 g/mol. The van der Waals surface area contributed by atoms with E-state index in [2.05, 4.69) is 0 Å². The molecule has 3 N–H and O–H groups in total. The fourth-order valence-corrected chi connectivity index (χ4v) is 1.08. The highest BCUT2D eigenvalue weighted by atomic mass is 16.5. The molecule has 1 fully saturated rings. The molecule has 0 spiro atoms. The molecule has 1 heterocycles. The second kappa shape index (κ2) is 4.42. The molecule has 12 heavy (non-hydrogen) atoms. The standard InChI is InChI=1S/C8H16N2O2/c1-6(8(9)10)12-5-7-2-3-11-4-7/h6-7H,2-5H2,1H3,(H3,9,10). The van der Waals surface area contributed by atoms with E-state index in [1.165, 1.54) is 0 Å². The minimum Gasteiger partial charge on any atom is -0.385 e. The summed E-state index contributed by atoms with van der Waals surface area (Å²) >= 11 is 0. The first-order chi connectivity index (χ1) is 5.70. The van der Waals surface area contributed by atoms with Crippen molar-refractivity contribution in [2.75, 3.05) is 19.8 Å². The van der Waals surface area contributed by atoms with Crippen molar-refractivity contribution in [3.8, 4) is 0 Å². The zero-order chi connectivity index (χ0) is 8.97. The molecule has 4 heteroatoms. The van der Waals surface area contributed by atoms with Gasteiger partial charge in [-0.25, -0.2) is 0 Å². The Morgan fingerprint density at radius 2 is 2.58 bits per heavy atom. The molecule has 0 bridgehead atoms. The summed E-state index contributed by atoms with van der Waals surface area (Å²) < 4.78 is 10.5. The van der Waals surface area contributed by atoms with Gasteiger partial charge in [0, 0.05) is 12.5 Å². The summed E-state index contributed by atoms with van der Waals surface area (Å²) in [5.41, 5.74) is 5.25. The molecular weight excluding hydrogens is 156 g/mol. The third-order valence-electron chi connectivity index (χ3n) is 2.04. The highest BCUT2D eigenvalue weighted by molar-refractivity contribution is 5.81. The first kappa shape index (κ1) is 9.48. The Balaban J connectivity index is 2.11. The summed E-state index contributed by atoms with van der Waals surface area (Å²) in [6, 6.07) is 0. The predicted octanol–water partition coefficient (Wildman–Crippen LogP) is 0.364. The Kier molecular flexibility index (Phi) is 3.49. The van der Waals surface area contributed by atoms with Gasteiger partial charge in [0.25, 0.3) is 0 Å². The van der Waals surface area contributed by atoms with Crippen LogP contribution in [0.25, 0.3) is 0 Å². The minimum absolute atomic E-state index is 0.0916. The predicted molar refractivity (Wildman–Crippen MR) is 46.3 cm³/mol. The van der Waals surface area contributed by atoms with E-state index in [9.17, 15) is 0 Å². The lowest BCUT2D eigenvalue weighted by atomic mass is 10.1. The number of hydrogen-bond acceptors (Lipinski definition) is 3. The van der Waals surface area contributed by atoms with Crippen LogP contribution in [-0.4, -0.2) is 31.8 Å². The highest BCUT2D eigenvalue weighted by Gasteiger charge is 2.17. The summed E-state index contributed by atoms with van der Waals surface area (Å²) in [6.45, 7) is 4.06. The average Bonchev–Trinajstić information content (AvgIpc) is 2.51. The molecule has 0 saturated carbocycles. The van der Waals surface area contributed by atoms with Gasteiger partial charge in [-0.05, 0) is 13.3 Å². The molecule has 1 aliphatic rings. The number of nitrogens with two attached hydrogens (primary N) is 1. The summed E-state index contributed by atoms with van der Waals surface area (Å²) in [7, 11) is 0. The first-order valence-electron chi connectivity index (χ1n) is 4.23. The maximum absolute atomic E-state index is 7.10. The quantitative estimate of drug-likeness (QED) is 0.475. The fourth-order valence-electron chi connectivity index (χ4n) is 1.08. The monoisotopic (exact) mass is 172 g/mol. The lowest BCUT2D eigenvalue weighted by molar-refractivity contribution is 0.0702. The Hall–Kier alpha value is -0.610. The Labute approximate surface area is 72.5 Å². The van der Waals surface area contributed by atoms with Gasteiger partial charge in [0.1, 0.15) is 11.9 Å². The van der Waals surface area contributed by atoms with Crippen molar-refractivity contribution in [2.45, 2.75) is 19.4 Å². The molecule has 2 unspecified atom stereocenters. The van der Waals surface area contributed by atoms with Crippen molar-refractivity contribution < 1.29 is 9.47 Å². The molecule has 1 saturated heterocycles. The molecule has 0 aromatic heterocycles. The van der Waals surface area contributed by atoms with Crippen LogP contribution >= 0.6 is 0 Å². The van der Waals surface area contributed by atoms with Gasteiger partial charge in [-0.1, -0.05) is 0 Å².